The van der Waals surface area contributed by atoms with Gasteiger partial charge >= 0.3 is 0 Å². The molecule has 0 bridgehead atoms. The second kappa shape index (κ2) is 30.9. The molecule has 0 amide bonds. The van der Waals surface area contributed by atoms with E-state index in [1.807, 2.05) is 0 Å². The van der Waals surface area contributed by atoms with Crippen LogP contribution in [-0.4, -0.2) is 45.2 Å². The van der Waals surface area contributed by atoms with E-state index in [9.17, 15) is 9.59 Å². The van der Waals surface area contributed by atoms with Gasteiger partial charge in [0.2, 0.25) is 0 Å². The van der Waals surface area contributed by atoms with Gasteiger partial charge in [-0.25, -0.2) is 0 Å². The number of rotatable bonds is 6. The molecule has 0 radical (unpaired) electrons. The van der Waals surface area contributed by atoms with Crippen molar-refractivity contribution in [2.24, 2.45) is 0 Å². The Morgan fingerprint density at radius 2 is 0.960 bits per heavy atom. The van der Waals surface area contributed by atoms with Gasteiger partial charge in [0.05, 0.1) is 11.5 Å². The van der Waals surface area contributed by atoms with Crippen molar-refractivity contribution in [3.8, 4) is 0 Å². The van der Waals surface area contributed by atoms with Crippen LogP contribution in [-0.2, 0) is 31.3 Å². The summed E-state index contributed by atoms with van der Waals surface area (Å²) in [5, 5.41) is 32.9. The topological polar surface area (TPSA) is 115 Å². The summed E-state index contributed by atoms with van der Waals surface area (Å²) >= 11 is 0. The molecule has 148 valence electrons. The Labute approximate surface area is 167 Å². The molecule has 0 aromatic carbocycles. The van der Waals surface area contributed by atoms with Crippen LogP contribution in [0.3, 0.4) is 0 Å². The number of ketones is 2. The Balaban J connectivity index is -0.0000000711. The summed E-state index contributed by atoms with van der Waals surface area (Å²) in [6.45, 7) is 10.5. The third kappa shape index (κ3) is 83.6. The third-order valence-corrected chi connectivity index (χ3v) is 1.85. The van der Waals surface area contributed by atoms with E-state index in [1.54, 1.807) is 0 Å². The number of allylic oxidation sites excluding steroid dienone is 4. The Morgan fingerprint density at radius 1 is 0.720 bits per heavy atom. The molecular formula is C18H36O6Ti. The van der Waals surface area contributed by atoms with Crippen molar-refractivity contribution < 1.29 is 51.7 Å². The molecule has 0 fully saturated rings. The fraction of sp³-hybridized carbons (Fsp3) is 0.667. The van der Waals surface area contributed by atoms with Crippen LogP contribution in [0, 0.1) is 0 Å². The van der Waals surface area contributed by atoms with Crippen molar-refractivity contribution in [1.82, 2.24) is 0 Å². The Hall–Kier alpha value is -0.946. The maximum absolute atomic E-state index is 10.0. The summed E-state index contributed by atoms with van der Waals surface area (Å²) < 4.78 is 0. The van der Waals surface area contributed by atoms with E-state index < -0.39 is 0 Å². The molecule has 0 heterocycles. The summed E-state index contributed by atoms with van der Waals surface area (Å²) in [6.07, 6.45) is 6.41. The van der Waals surface area contributed by atoms with E-state index in [1.165, 1.54) is 39.8 Å². The molecule has 0 aromatic rings. The molecule has 25 heavy (non-hydrogen) atoms. The van der Waals surface area contributed by atoms with Gasteiger partial charge < -0.3 is 20.4 Å². The van der Waals surface area contributed by atoms with E-state index in [-0.39, 0.29) is 44.8 Å². The molecule has 0 saturated carbocycles. The van der Waals surface area contributed by atoms with Crippen molar-refractivity contribution in [2.75, 3.05) is 13.2 Å². The average Bonchev–Trinajstić information content (AvgIpc) is 2.39. The molecule has 0 saturated heterocycles. The molecule has 0 unspecified atom stereocenters. The fourth-order valence-corrected chi connectivity index (χ4v) is 0.905. The van der Waals surface area contributed by atoms with Gasteiger partial charge in [0.25, 0.3) is 0 Å². The summed E-state index contributed by atoms with van der Waals surface area (Å²) in [5.74, 6) is -0.125. The second-order valence-corrected chi connectivity index (χ2v) is 4.95. The molecule has 0 aliphatic rings. The van der Waals surface area contributed by atoms with Gasteiger partial charge in [0.1, 0.15) is 0 Å². The van der Waals surface area contributed by atoms with Crippen LogP contribution < -0.4 is 0 Å². The van der Waals surface area contributed by atoms with Crippen molar-refractivity contribution in [3.63, 3.8) is 0 Å². The molecule has 0 atom stereocenters. The van der Waals surface area contributed by atoms with E-state index in [0.717, 1.165) is 25.7 Å². The minimum absolute atomic E-state index is 0. The van der Waals surface area contributed by atoms with E-state index in [2.05, 4.69) is 13.8 Å². The van der Waals surface area contributed by atoms with Crippen LogP contribution >= 0.6 is 0 Å². The van der Waals surface area contributed by atoms with E-state index in [0.29, 0.717) is 13.2 Å². The van der Waals surface area contributed by atoms with Crippen LogP contribution in [0.4, 0.5) is 0 Å². The normalized spacial score (nSPS) is 9.76. The van der Waals surface area contributed by atoms with E-state index >= 15 is 0 Å². The second-order valence-electron chi connectivity index (χ2n) is 4.95. The summed E-state index contributed by atoms with van der Waals surface area (Å²) in [5.41, 5.74) is 0. The number of unbranched alkanes of at least 4 members (excludes halogenated alkanes) is 2. The van der Waals surface area contributed by atoms with Gasteiger partial charge in [0, 0.05) is 47.1 Å². The first-order chi connectivity index (χ1) is 11.1. The van der Waals surface area contributed by atoms with Crippen LogP contribution in [0.1, 0.15) is 67.2 Å². The molecule has 7 heteroatoms. The Kier molecular flexibility index (Phi) is 43.5. The SMILES string of the molecule is CC(=O)/C=C(\C)O.CC(=O)/C=C(\C)O.CCCCO.CCCCO.[Ti]. The Morgan fingerprint density at radius 3 is 0.960 bits per heavy atom. The molecule has 0 spiro atoms. The van der Waals surface area contributed by atoms with E-state index in [4.69, 9.17) is 20.4 Å². The van der Waals surface area contributed by atoms with Gasteiger partial charge in [-0.2, -0.15) is 0 Å². The van der Waals surface area contributed by atoms with Gasteiger partial charge in [-0.15, -0.1) is 0 Å². The first-order valence-corrected chi connectivity index (χ1v) is 8.06. The standard InChI is InChI=1S/2C5H8O2.2C4H10O.Ti/c2*1-4(6)3-5(2)7;2*1-2-3-4-5;/h2*3,6H,1-2H3;2*5H,2-4H2,1H3;/b2*4-3+;;;. The number of hydrogen-bond acceptors (Lipinski definition) is 6. The summed E-state index contributed by atoms with van der Waals surface area (Å²) in [7, 11) is 0. The number of carbonyl (C=O) groups is 2. The summed E-state index contributed by atoms with van der Waals surface area (Å²) in [4.78, 5) is 20.0. The third-order valence-electron chi connectivity index (χ3n) is 1.85. The minimum Gasteiger partial charge on any atom is -0.512 e. The maximum Gasteiger partial charge on any atom is 0.155 e. The smallest absolute Gasteiger partial charge is 0.155 e. The first kappa shape index (κ1) is 35.2. The average molecular weight is 396 g/mol. The molecular weight excluding hydrogens is 360 g/mol. The predicted octanol–water partition coefficient (Wildman–Crippen LogP) is 3.63. The molecule has 4 N–H and O–H groups in total. The number of carbonyl (C=O) groups excluding carboxylic acids is 2. The number of aliphatic hydroxyl groups excluding tert-OH is 4. The van der Waals surface area contributed by atoms with Crippen molar-refractivity contribution >= 4 is 11.6 Å². The van der Waals surface area contributed by atoms with Crippen LogP contribution in [0.5, 0.6) is 0 Å². The Bertz CT molecular complexity index is 305. The molecule has 0 aromatic heterocycles. The van der Waals surface area contributed by atoms with Crippen LogP contribution in [0.25, 0.3) is 0 Å². The number of hydrogen-bond donors (Lipinski definition) is 4. The maximum atomic E-state index is 10.0. The number of aliphatic hydroxyl groups is 4. The van der Waals surface area contributed by atoms with Crippen LogP contribution in [0.15, 0.2) is 23.7 Å². The summed E-state index contributed by atoms with van der Waals surface area (Å²) in [6, 6.07) is 0. The molecule has 0 aliphatic carbocycles. The monoisotopic (exact) mass is 396 g/mol. The van der Waals surface area contributed by atoms with Crippen molar-refractivity contribution in [2.45, 2.75) is 67.2 Å². The molecule has 0 rings (SSSR count). The molecule has 6 nitrogen and oxygen atoms in total. The minimum atomic E-state index is -0.125. The quantitative estimate of drug-likeness (QED) is 0.310. The zero-order valence-corrected chi connectivity index (χ0v) is 18.1. The van der Waals surface area contributed by atoms with Gasteiger partial charge in [-0.05, 0) is 40.5 Å². The van der Waals surface area contributed by atoms with Gasteiger partial charge in [-0.1, -0.05) is 26.7 Å². The molecule has 0 aliphatic heterocycles. The largest absolute Gasteiger partial charge is 0.512 e. The van der Waals surface area contributed by atoms with Gasteiger partial charge in [-0.3, -0.25) is 9.59 Å². The predicted molar refractivity (Wildman–Crippen MR) is 98.1 cm³/mol. The zero-order valence-electron chi connectivity index (χ0n) is 16.5. The van der Waals surface area contributed by atoms with Gasteiger partial charge in [0.15, 0.2) is 11.6 Å². The first-order valence-electron chi connectivity index (χ1n) is 8.06. The zero-order chi connectivity index (χ0) is 20.0. The van der Waals surface area contributed by atoms with Crippen LogP contribution in [0.2, 0.25) is 0 Å². The van der Waals surface area contributed by atoms with Crippen molar-refractivity contribution in [1.29, 1.82) is 0 Å². The van der Waals surface area contributed by atoms with Crippen molar-refractivity contribution in [3.05, 3.63) is 23.7 Å². The fourth-order valence-electron chi connectivity index (χ4n) is 0.905.